The summed E-state index contributed by atoms with van der Waals surface area (Å²) in [5, 5.41) is 5.12. The molecule has 16 heavy (non-hydrogen) atoms. The smallest absolute Gasteiger partial charge is 0.122 e. The van der Waals surface area contributed by atoms with Gasteiger partial charge in [0.25, 0.3) is 0 Å². The molecule has 0 spiro atoms. The zero-order valence-electron chi connectivity index (χ0n) is 9.75. The largest absolute Gasteiger partial charge is 0.496 e. The van der Waals surface area contributed by atoms with E-state index in [2.05, 4.69) is 11.4 Å². The number of hydrogen-bond acceptors (Lipinski definition) is 3. The van der Waals surface area contributed by atoms with Gasteiger partial charge in [0, 0.05) is 11.4 Å². The van der Waals surface area contributed by atoms with Crippen LogP contribution in [0.25, 0.3) is 0 Å². The highest BCUT2D eigenvalue weighted by Crippen LogP contribution is 2.31. The van der Waals surface area contributed by atoms with Gasteiger partial charge in [-0.15, -0.1) is 0 Å². The van der Waals surface area contributed by atoms with Crippen LogP contribution in [0.5, 0.6) is 5.75 Å². The quantitative estimate of drug-likeness (QED) is 0.811. The third-order valence-electron chi connectivity index (χ3n) is 3.37. The third-order valence-corrected chi connectivity index (χ3v) is 3.63. The fourth-order valence-electron chi connectivity index (χ4n) is 2.42. The van der Waals surface area contributed by atoms with Crippen molar-refractivity contribution in [1.29, 1.82) is 0 Å². The summed E-state index contributed by atoms with van der Waals surface area (Å²) < 4.78 is 5.43. The lowest BCUT2D eigenvalue weighted by atomic mass is 9.85. The average Bonchev–Trinajstić information content (AvgIpc) is 2.36. The first kappa shape index (κ1) is 11.6. The molecule has 1 unspecified atom stereocenters. The molecule has 1 aromatic rings. The Balaban J connectivity index is 2.46. The third kappa shape index (κ3) is 1.97. The van der Waals surface area contributed by atoms with Gasteiger partial charge in [0.05, 0.1) is 7.11 Å². The van der Waals surface area contributed by atoms with Crippen LogP contribution in [-0.4, -0.2) is 25.6 Å². The van der Waals surface area contributed by atoms with Gasteiger partial charge in [-0.1, -0.05) is 18.3 Å². The predicted molar refractivity (Wildman–Crippen MR) is 70.6 cm³/mol. The molecule has 1 aliphatic carbocycles. The van der Waals surface area contributed by atoms with Crippen molar-refractivity contribution in [2.75, 3.05) is 14.2 Å². The predicted octanol–water partition coefficient (Wildman–Crippen LogP) is 2.12. The van der Waals surface area contributed by atoms with Crippen molar-refractivity contribution in [2.24, 2.45) is 0 Å². The van der Waals surface area contributed by atoms with Crippen molar-refractivity contribution in [3.05, 3.63) is 28.8 Å². The van der Waals surface area contributed by atoms with Crippen LogP contribution in [0.1, 0.15) is 23.1 Å². The molecule has 0 saturated carbocycles. The number of methoxy groups -OCH3 is 1. The maximum Gasteiger partial charge on any atom is 0.122 e. The van der Waals surface area contributed by atoms with Crippen LogP contribution in [-0.2, 0) is 12.8 Å². The number of ether oxygens (including phenoxy) is 1. The monoisotopic (exact) mass is 235 g/mol. The van der Waals surface area contributed by atoms with Crippen LogP contribution in [0.4, 0.5) is 0 Å². The van der Waals surface area contributed by atoms with Crippen LogP contribution in [0.15, 0.2) is 12.1 Å². The molecule has 0 heterocycles. The van der Waals surface area contributed by atoms with E-state index in [1.54, 1.807) is 12.5 Å². The van der Waals surface area contributed by atoms with Crippen molar-refractivity contribution >= 4 is 17.6 Å². The number of likely N-dealkylation sites (N-methyl/N-ethyl adjacent to an activating group) is 1. The standard InChI is InChI=1S/C13H17NOS/c1-14-10-4-5-11-9(8-16)3-6-13(15-2)12(11)7-10/h3,6,8,10,14H,4-5,7H2,1-2H3. The summed E-state index contributed by atoms with van der Waals surface area (Å²) in [6.45, 7) is 0. The number of hydrogen-bond donors (Lipinski definition) is 1. The summed E-state index contributed by atoms with van der Waals surface area (Å²) in [6.07, 6.45) is 3.29. The fourth-order valence-corrected chi connectivity index (χ4v) is 2.64. The molecule has 2 nitrogen and oxygen atoms in total. The Labute approximate surface area is 102 Å². The molecule has 0 amide bonds. The summed E-state index contributed by atoms with van der Waals surface area (Å²) in [7, 11) is 3.75. The van der Waals surface area contributed by atoms with Gasteiger partial charge >= 0.3 is 0 Å². The Bertz CT molecular complexity index is 403. The highest BCUT2D eigenvalue weighted by atomic mass is 32.1. The zero-order chi connectivity index (χ0) is 11.5. The summed E-state index contributed by atoms with van der Waals surface area (Å²) in [6, 6.07) is 4.64. The van der Waals surface area contributed by atoms with Gasteiger partial charge < -0.3 is 10.1 Å². The Kier molecular flexibility index (Phi) is 3.56. The van der Waals surface area contributed by atoms with Gasteiger partial charge in [-0.2, -0.15) is 0 Å². The molecule has 86 valence electrons. The number of thiocarbonyl (C=S) groups is 1. The van der Waals surface area contributed by atoms with E-state index < -0.39 is 0 Å². The van der Waals surface area contributed by atoms with E-state index in [4.69, 9.17) is 17.0 Å². The minimum absolute atomic E-state index is 0.557. The first-order valence-electron chi connectivity index (χ1n) is 5.61. The van der Waals surface area contributed by atoms with Gasteiger partial charge in [-0.3, -0.25) is 0 Å². The summed E-state index contributed by atoms with van der Waals surface area (Å²) in [4.78, 5) is 0. The molecule has 0 aromatic heterocycles. The van der Waals surface area contributed by atoms with Crippen molar-refractivity contribution in [3.8, 4) is 5.75 Å². The Hall–Kier alpha value is -0.930. The lowest BCUT2D eigenvalue weighted by Gasteiger charge is -2.27. The maximum absolute atomic E-state index is 5.43. The highest BCUT2D eigenvalue weighted by Gasteiger charge is 2.22. The van der Waals surface area contributed by atoms with Gasteiger partial charge in [0.15, 0.2) is 0 Å². The van der Waals surface area contributed by atoms with Crippen molar-refractivity contribution in [2.45, 2.75) is 25.3 Å². The molecule has 0 radical (unpaired) electrons. The van der Waals surface area contributed by atoms with Crippen LogP contribution < -0.4 is 10.1 Å². The van der Waals surface area contributed by atoms with Gasteiger partial charge in [-0.25, -0.2) is 0 Å². The van der Waals surface area contributed by atoms with Crippen LogP contribution in [0, 0.1) is 0 Å². The topological polar surface area (TPSA) is 21.3 Å². The van der Waals surface area contributed by atoms with Crippen LogP contribution >= 0.6 is 12.2 Å². The van der Waals surface area contributed by atoms with E-state index in [-0.39, 0.29) is 0 Å². The molecule has 2 rings (SSSR count). The fraction of sp³-hybridized carbons (Fsp3) is 0.462. The van der Waals surface area contributed by atoms with Crippen molar-refractivity contribution < 1.29 is 4.74 Å². The molecule has 0 bridgehead atoms. The minimum atomic E-state index is 0.557. The number of benzene rings is 1. The van der Waals surface area contributed by atoms with Gasteiger partial charge in [-0.05, 0) is 49.1 Å². The van der Waals surface area contributed by atoms with Crippen molar-refractivity contribution in [1.82, 2.24) is 5.32 Å². The van der Waals surface area contributed by atoms with E-state index in [0.29, 0.717) is 6.04 Å². The normalized spacial score (nSPS) is 19.0. The molecule has 0 aliphatic heterocycles. The van der Waals surface area contributed by atoms with Crippen LogP contribution in [0.2, 0.25) is 0 Å². The first-order valence-corrected chi connectivity index (χ1v) is 6.08. The Morgan fingerprint density at radius 1 is 1.44 bits per heavy atom. The van der Waals surface area contributed by atoms with E-state index >= 15 is 0 Å². The average molecular weight is 235 g/mol. The minimum Gasteiger partial charge on any atom is -0.496 e. The molecule has 3 heteroatoms. The Morgan fingerprint density at radius 2 is 2.25 bits per heavy atom. The summed E-state index contributed by atoms with van der Waals surface area (Å²) >= 11 is 5.06. The number of nitrogens with one attached hydrogen (secondary N) is 1. The van der Waals surface area contributed by atoms with E-state index in [1.165, 1.54) is 23.1 Å². The lowest BCUT2D eigenvalue weighted by Crippen LogP contribution is -2.32. The van der Waals surface area contributed by atoms with E-state index in [1.807, 2.05) is 13.1 Å². The molecular formula is C13H17NOS. The van der Waals surface area contributed by atoms with Crippen LogP contribution in [0.3, 0.4) is 0 Å². The maximum atomic E-state index is 5.43. The molecule has 1 aliphatic rings. The van der Waals surface area contributed by atoms with Gasteiger partial charge in [0.1, 0.15) is 5.75 Å². The number of fused-ring (bicyclic) bond motifs is 1. The summed E-state index contributed by atoms with van der Waals surface area (Å²) in [5.74, 6) is 0.996. The molecule has 0 saturated heterocycles. The van der Waals surface area contributed by atoms with Gasteiger partial charge in [0.2, 0.25) is 0 Å². The molecular weight excluding hydrogens is 218 g/mol. The highest BCUT2D eigenvalue weighted by molar-refractivity contribution is 7.79. The lowest BCUT2D eigenvalue weighted by molar-refractivity contribution is 0.398. The first-order chi connectivity index (χ1) is 7.80. The van der Waals surface area contributed by atoms with Crippen molar-refractivity contribution in [3.63, 3.8) is 0 Å². The molecule has 1 aromatic carbocycles. The van der Waals surface area contributed by atoms with E-state index in [9.17, 15) is 0 Å². The molecule has 1 atom stereocenters. The Morgan fingerprint density at radius 3 is 2.88 bits per heavy atom. The second-order valence-electron chi connectivity index (χ2n) is 4.16. The molecule has 1 N–H and O–H groups in total. The number of rotatable bonds is 3. The summed E-state index contributed by atoms with van der Waals surface area (Å²) in [5.41, 5.74) is 3.88. The van der Waals surface area contributed by atoms with E-state index in [0.717, 1.165) is 18.6 Å². The second kappa shape index (κ2) is 4.93. The SMILES string of the molecule is CNC1CCc2c(C=S)ccc(OC)c2C1. The molecule has 0 fully saturated rings. The second-order valence-corrected chi connectivity index (χ2v) is 4.40. The zero-order valence-corrected chi connectivity index (χ0v) is 10.6.